The lowest BCUT2D eigenvalue weighted by Gasteiger charge is -2.20. The second kappa shape index (κ2) is 5.22. The van der Waals surface area contributed by atoms with Crippen LogP contribution in [0.5, 0.6) is 0 Å². The van der Waals surface area contributed by atoms with Gasteiger partial charge >= 0.3 is 0 Å². The maximum Gasteiger partial charge on any atom is 0.228 e. The second-order valence-corrected chi connectivity index (χ2v) is 4.96. The van der Waals surface area contributed by atoms with Crippen LogP contribution in [0.3, 0.4) is 0 Å². The van der Waals surface area contributed by atoms with E-state index in [2.05, 4.69) is 18.1 Å². The lowest BCUT2D eigenvalue weighted by molar-refractivity contribution is -0.117. The highest BCUT2D eigenvalue weighted by atomic mass is 16.2. The molecule has 20 heavy (non-hydrogen) atoms. The van der Waals surface area contributed by atoms with E-state index < -0.39 is 0 Å². The van der Waals surface area contributed by atoms with E-state index in [-0.39, 0.29) is 11.8 Å². The summed E-state index contributed by atoms with van der Waals surface area (Å²) in [5.74, 6) is 2.82. The first-order valence-electron chi connectivity index (χ1n) is 6.70. The molecule has 2 heteroatoms. The molecule has 0 N–H and O–H groups in total. The minimum atomic E-state index is 0.0197. The first-order valence-corrected chi connectivity index (χ1v) is 6.70. The highest BCUT2D eigenvalue weighted by Crippen LogP contribution is 2.34. The van der Waals surface area contributed by atoms with E-state index in [1.807, 2.05) is 47.4 Å². The molecule has 1 atom stereocenters. The van der Waals surface area contributed by atoms with E-state index in [0.29, 0.717) is 13.0 Å². The summed E-state index contributed by atoms with van der Waals surface area (Å²) in [6.45, 7) is 0.610. The topological polar surface area (TPSA) is 20.3 Å². The second-order valence-electron chi connectivity index (χ2n) is 4.96. The molecule has 0 radical (unpaired) electrons. The summed E-state index contributed by atoms with van der Waals surface area (Å²) < 4.78 is 0. The molecule has 1 saturated heterocycles. The summed E-state index contributed by atoms with van der Waals surface area (Å²) >= 11 is 0. The third-order valence-corrected chi connectivity index (χ3v) is 3.64. The van der Waals surface area contributed by atoms with Gasteiger partial charge in [0.2, 0.25) is 5.91 Å². The Morgan fingerprint density at radius 2 is 1.75 bits per heavy atom. The van der Waals surface area contributed by atoms with Gasteiger partial charge in [0.25, 0.3) is 0 Å². The van der Waals surface area contributed by atoms with Crippen molar-refractivity contribution in [1.29, 1.82) is 0 Å². The SMILES string of the molecule is C#CC1CC(=O)N(c2ccccc2-c2ccccc2)C1. The Hall–Kier alpha value is -2.53. The van der Waals surface area contributed by atoms with E-state index in [1.54, 1.807) is 0 Å². The fourth-order valence-electron chi connectivity index (χ4n) is 2.62. The van der Waals surface area contributed by atoms with Crippen LogP contribution < -0.4 is 4.90 Å². The molecule has 0 aromatic heterocycles. The summed E-state index contributed by atoms with van der Waals surface area (Å²) in [7, 11) is 0. The van der Waals surface area contributed by atoms with Crippen molar-refractivity contribution < 1.29 is 4.79 Å². The van der Waals surface area contributed by atoms with Crippen LogP contribution in [0.4, 0.5) is 5.69 Å². The molecule has 1 fully saturated rings. The zero-order valence-corrected chi connectivity index (χ0v) is 11.1. The summed E-state index contributed by atoms with van der Waals surface area (Å²) in [5.41, 5.74) is 3.13. The van der Waals surface area contributed by atoms with Gasteiger partial charge in [-0.1, -0.05) is 48.5 Å². The van der Waals surface area contributed by atoms with E-state index in [9.17, 15) is 4.79 Å². The quantitative estimate of drug-likeness (QED) is 0.759. The number of para-hydroxylation sites is 1. The first kappa shape index (κ1) is 12.5. The number of hydrogen-bond acceptors (Lipinski definition) is 1. The Morgan fingerprint density at radius 1 is 1.05 bits per heavy atom. The molecule has 98 valence electrons. The van der Waals surface area contributed by atoms with Crippen molar-refractivity contribution in [2.45, 2.75) is 6.42 Å². The molecule has 0 spiro atoms. The highest BCUT2D eigenvalue weighted by molar-refractivity contribution is 6.00. The summed E-state index contributed by atoms with van der Waals surface area (Å²) in [4.78, 5) is 14.0. The molecular formula is C18H15NO. The Bertz CT molecular complexity index is 669. The van der Waals surface area contributed by atoms with Gasteiger partial charge in [0.15, 0.2) is 0 Å². The smallest absolute Gasteiger partial charge is 0.228 e. The predicted molar refractivity (Wildman–Crippen MR) is 81.2 cm³/mol. The lowest BCUT2D eigenvalue weighted by atomic mass is 10.0. The van der Waals surface area contributed by atoms with Gasteiger partial charge < -0.3 is 4.90 Å². The number of rotatable bonds is 2. The van der Waals surface area contributed by atoms with Crippen molar-refractivity contribution in [3.8, 4) is 23.5 Å². The number of hydrogen-bond donors (Lipinski definition) is 0. The standard InChI is InChI=1S/C18H15NO/c1-2-14-12-18(20)19(13-14)17-11-7-6-10-16(17)15-8-4-3-5-9-15/h1,3-11,14H,12-13H2. The van der Waals surface area contributed by atoms with Crippen LogP contribution in [-0.4, -0.2) is 12.5 Å². The average molecular weight is 261 g/mol. The highest BCUT2D eigenvalue weighted by Gasteiger charge is 2.30. The Kier molecular flexibility index (Phi) is 3.26. The van der Waals surface area contributed by atoms with Crippen LogP contribution in [-0.2, 0) is 4.79 Å². The maximum atomic E-state index is 12.2. The van der Waals surface area contributed by atoms with Crippen molar-refractivity contribution in [3.63, 3.8) is 0 Å². The predicted octanol–water partition coefficient (Wildman–Crippen LogP) is 3.34. The Balaban J connectivity index is 2.04. The van der Waals surface area contributed by atoms with Crippen LogP contribution in [0, 0.1) is 18.3 Å². The van der Waals surface area contributed by atoms with E-state index in [0.717, 1.165) is 16.8 Å². The number of carbonyl (C=O) groups is 1. The Labute approximate surface area is 119 Å². The number of anilines is 1. The zero-order valence-electron chi connectivity index (χ0n) is 11.1. The van der Waals surface area contributed by atoms with Crippen molar-refractivity contribution in [2.24, 2.45) is 5.92 Å². The van der Waals surface area contributed by atoms with Crippen LogP contribution in [0.2, 0.25) is 0 Å². The lowest BCUT2D eigenvalue weighted by Crippen LogP contribution is -2.24. The van der Waals surface area contributed by atoms with Crippen LogP contribution in [0.25, 0.3) is 11.1 Å². The van der Waals surface area contributed by atoms with E-state index in [1.165, 1.54) is 0 Å². The molecule has 2 nitrogen and oxygen atoms in total. The number of amides is 1. The fourth-order valence-corrected chi connectivity index (χ4v) is 2.62. The number of carbonyl (C=O) groups excluding carboxylic acids is 1. The molecule has 3 rings (SSSR count). The molecular weight excluding hydrogens is 246 g/mol. The third-order valence-electron chi connectivity index (χ3n) is 3.64. The minimum Gasteiger partial charge on any atom is -0.311 e. The van der Waals surface area contributed by atoms with Crippen molar-refractivity contribution in [3.05, 3.63) is 54.6 Å². The monoisotopic (exact) mass is 261 g/mol. The van der Waals surface area contributed by atoms with Gasteiger partial charge in [-0.25, -0.2) is 0 Å². The molecule has 1 aliphatic heterocycles. The van der Waals surface area contributed by atoms with Crippen LogP contribution in [0.1, 0.15) is 6.42 Å². The van der Waals surface area contributed by atoms with E-state index in [4.69, 9.17) is 6.42 Å². The number of terminal acetylenes is 1. The van der Waals surface area contributed by atoms with Crippen LogP contribution in [0.15, 0.2) is 54.6 Å². The average Bonchev–Trinajstić information content (AvgIpc) is 2.89. The normalized spacial score (nSPS) is 18.1. The molecule has 0 aliphatic carbocycles. The van der Waals surface area contributed by atoms with Crippen molar-refractivity contribution in [2.75, 3.05) is 11.4 Å². The number of nitrogens with zero attached hydrogens (tertiary/aromatic N) is 1. The van der Waals surface area contributed by atoms with Gasteiger partial charge in [-0.3, -0.25) is 4.79 Å². The molecule has 2 aromatic carbocycles. The minimum absolute atomic E-state index is 0.0197. The number of benzene rings is 2. The van der Waals surface area contributed by atoms with Gasteiger partial charge in [-0.05, 0) is 11.6 Å². The molecule has 1 heterocycles. The van der Waals surface area contributed by atoms with Crippen molar-refractivity contribution >= 4 is 11.6 Å². The summed E-state index contributed by atoms with van der Waals surface area (Å²) in [5, 5.41) is 0. The zero-order chi connectivity index (χ0) is 13.9. The van der Waals surface area contributed by atoms with Gasteiger partial charge in [-0.2, -0.15) is 0 Å². The maximum absolute atomic E-state index is 12.2. The van der Waals surface area contributed by atoms with E-state index >= 15 is 0 Å². The summed E-state index contributed by atoms with van der Waals surface area (Å²) in [6.07, 6.45) is 5.90. The Morgan fingerprint density at radius 3 is 2.45 bits per heavy atom. The van der Waals surface area contributed by atoms with Gasteiger partial charge in [0.1, 0.15) is 0 Å². The van der Waals surface area contributed by atoms with Gasteiger partial charge in [-0.15, -0.1) is 12.3 Å². The molecule has 0 bridgehead atoms. The third kappa shape index (κ3) is 2.19. The largest absolute Gasteiger partial charge is 0.311 e. The molecule has 0 saturated carbocycles. The van der Waals surface area contributed by atoms with Gasteiger partial charge in [0, 0.05) is 24.4 Å². The van der Waals surface area contributed by atoms with Crippen molar-refractivity contribution in [1.82, 2.24) is 0 Å². The van der Waals surface area contributed by atoms with Gasteiger partial charge in [0.05, 0.1) is 5.69 Å². The van der Waals surface area contributed by atoms with Crippen LogP contribution >= 0.6 is 0 Å². The molecule has 1 amide bonds. The fraction of sp³-hybridized carbons (Fsp3) is 0.167. The molecule has 1 aliphatic rings. The summed E-state index contributed by atoms with van der Waals surface area (Å²) in [6, 6.07) is 18.1. The molecule has 2 aromatic rings. The molecule has 1 unspecified atom stereocenters. The first-order chi connectivity index (χ1) is 9.79.